The Morgan fingerprint density at radius 3 is 1.02 bits per heavy atom. The van der Waals surface area contributed by atoms with Gasteiger partial charge in [0.2, 0.25) is 11.8 Å². The highest BCUT2D eigenvalue weighted by Gasteiger charge is 2.51. The Morgan fingerprint density at radius 2 is 0.760 bits per heavy atom. The number of carbonyl (C=O) groups excluding carboxylic acids is 2. The maximum absolute atomic E-state index is 12.4. The van der Waals surface area contributed by atoms with E-state index in [4.69, 9.17) is 0 Å². The van der Waals surface area contributed by atoms with Gasteiger partial charge in [0, 0.05) is 36.3 Å². The maximum Gasteiger partial charge on any atom is 0.232 e. The third-order valence-corrected chi connectivity index (χ3v) is 9.97. The summed E-state index contributed by atoms with van der Waals surface area (Å²) in [4.78, 5) is 28.4. The summed E-state index contributed by atoms with van der Waals surface area (Å²) in [6.45, 7) is 4.01. The number of carbonyl (C=O) groups is 2. The Labute approximate surface area is 294 Å². The van der Waals surface area contributed by atoms with E-state index in [2.05, 4.69) is 35.8 Å². The monoisotopic (exact) mass is 660 g/mol. The lowest BCUT2D eigenvalue weighted by molar-refractivity contribution is -0.149. The Morgan fingerprint density at radius 1 is 0.500 bits per heavy atom. The van der Waals surface area contributed by atoms with E-state index in [1.54, 1.807) is 9.80 Å². The van der Waals surface area contributed by atoms with Gasteiger partial charge in [-0.3, -0.25) is 9.59 Å². The number of hydrogen-bond donors (Lipinski definition) is 2. The first-order chi connectivity index (χ1) is 24.1. The van der Waals surface area contributed by atoms with Crippen LogP contribution in [0.5, 0.6) is 0 Å². The van der Waals surface area contributed by atoms with Crippen LogP contribution in [0.15, 0.2) is 145 Å². The Kier molecular flexibility index (Phi) is 9.62. The summed E-state index contributed by atoms with van der Waals surface area (Å²) in [7, 11) is 3.62. The minimum atomic E-state index is -1.52. The fourth-order valence-corrected chi connectivity index (χ4v) is 7.15. The summed E-state index contributed by atoms with van der Waals surface area (Å²) in [6.07, 6.45) is 4.20. The van der Waals surface area contributed by atoms with E-state index in [1.165, 1.54) is 0 Å². The van der Waals surface area contributed by atoms with Gasteiger partial charge in [0.1, 0.15) is 0 Å². The summed E-state index contributed by atoms with van der Waals surface area (Å²) >= 11 is 0. The molecule has 4 aromatic carbocycles. The molecule has 4 aromatic rings. The molecule has 250 valence electrons. The molecule has 0 unspecified atom stereocenters. The van der Waals surface area contributed by atoms with Crippen molar-refractivity contribution in [3.05, 3.63) is 167 Å². The Balaban J connectivity index is 0.000000202. The topological polar surface area (TPSA) is 81.1 Å². The third-order valence-electron chi connectivity index (χ3n) is 9.97. The second kappa shape index (κ2) is 14.1. The van der Waals surface area contributed by atoms with Crippen LogP contribution < -0.4 is 0 Å². The number of likely N-dealkylation sites (N-methyl/N-ethyl adjacent to an activating group) is 2. The van der Waals surface area contributed by atoms with Crippen LogP contribution in [0.25, 0.3) is 0 Å². The van der Waals surface area contributed by atoms with Crippen LogP contribution in [0, 0.1) is 35.5 Å². The van der Waals surface area contributed by atoms with Gasteiger partial charge in [-0.1, -0.05) is 145 Å². The molecular weight excluding hydrogens is 620 g/mol. The molecule has 1 aliphatic carbocycles. The van der Waals surface area contributed by atoms with E-state index in [9.17, 15) is 19.8 Å². The van der Waals surface area contributed by atoms with Crippen molar-refractivity contribution in [2.45, 2.75) is 37.1 Å². The van der Waals surface area contributed by atoms with Gasteiger partial charge < -0.3 is 20.0 Å². The number of aliphatic hydroxyl groups is 2. The number of hydrogen-bond acceptors (Lipinski definition) is 4. The minimum Gasteiger partial charge on any atom is -0.369 e. The van der Waals surface area contributed by atoms with E-state index in [0.717, 1.165) is 11.1 Å². The fraction of sp³-hybridized carbons (Fsp3) is 0.227. The van der Waals surface area contributed by atoms with E-state index in [1.807, 2.05) is 149 Å². The van der Waals surface area contributed by atoms with Gasteiger partial charge in [-0.25, -0.2) is 0 Å². The van der Waals surface area contributed by atoms with Gasteiger partial charge >= 0.3 is 0 Å². The summed E-state index contributed by atoms with van der Waals surface area (Å²) in [5.41, 5.74) is 1.78. The standard InChI is InChI=1S/C30H22O2.C14H18N2O2/c31-29(25-15-5-1-6-16-25,26-17-7-2-8-18-26)23-13-14-24-30(32,27-19-9-3-10-20-27)28-21-11-4-12-22-28;1-7-5-9-12-8(2)6-10(16(4)14(12)18)11(7)13(17)15(9)3/h1-12,15-22,31-32H;5-6,9-12H,1-4H3/t;9-,10+,11+,12-. The first kappa shape index (κ1) is 34.2. The zero-order valence-corrected chi connectivity index (χ0v) is 28.6. The molecule has 2 amide bonds. The molecule has 1 fully saturated rings. The highest BCUT2D eigenvalue weighted by atomic mass is 16.3. The van der Waals surface area contributed by atoms with Crippen LogP contribution in [-0.2, 0) is 20.8 Å². The molecule has 10 rings (SSSR count). The van der Waals surface area contributed by atoms with Crippen molar-refractivity contribution in [3.63, 3.8) is 0 Å². The highest BCUT2D eigenvalue weighted by molar-refractivity contribution is 5.92. The molecule has 5 aliphatic heterocycles. The summed E-state index contributed by atoms with van der Waals surface area (Å²) in [5, 5.41) is 23.0. The highest BCUT2D eigenvalue weighted by Crippen LogP contribution is 2.41. The molecule has 4 bridgehead atoms. The maximum atomic E-state index is 12.4. The zero-order valence-electron chi connectivity index (χ0n) is 28.6. The first-order valence-corrected chi connectivity index (χ1v) is 16.7. The Bertz CT molecular complexity index is 1820. The predicted octanol–water partition coefficient (Wildman–Crippen LogP) is 5.67. The average Bonchev–Trinajstić information content (AvgIpc) is 3.15. The molecule has 6 nitrogen and oxygen atoms in total. The summed E-state index contributed by atoms with van der Waals surface area (Å²) < 4.78 is 0. The first-order valence-electron chi connectivity index (χ1n) is 16.7. The fourth-order valence-electron chi connectivity index (χ4n) is 7.15. The van der Waals surface area contributed by atoms with Crippen LogP contribution in [0.3, 0.4) is 0 Å². The molecule has 1 saturated heterocycles. The normalized spacial score (nSPS) is 20.9. The third kappa shape index (κ3) is 6.28. The van der Waals surface area contributed by atoms with Gasteiger partial charge in [-0.15, -0.1) is 0 Å². The van der Waals surface area contributed by atoms with Crippen molar-refractivity contribution in [2.24, 2.45) is 11.8 Å². The van der Waals surface area contributed by atoms with Gasteiger partial charge in [0.05, 0.1) is 23.9 Å². The lowest BCUT2D eigenvalue weighted by atomic mass is 9.72. The van der Waals surface area contributed by atoms with Crippen molar-refractivity contribution in [1.82, 2.24) is 9.80 Å². The molecule has 0 spiro atoms. The molecule has 0 saturated carbocycles. The SMILES string of the molecule is CC1=C[C@H]2[C@H]3C(=O)N(C)[C@H](C=C3C)[C@@H]1C(=O)N2C.OC(C#CC#CC(O)(c1ccccc1)c1ccccc1)(c1ccccc1)c1ccccc1. The minimum absolute atomic E-state index is 0.124. The molecule has 0 aromatic heterocycles. The van der Waals surface area contributed by atoms with Crippen LogP contribution in [0.4, 0.5) is 0 Å². The molecule has 0 radical (unpaired) electrons. The van der Waals surface area contributed by atoms with Crippen LogP contribution in [-0.4, -0.2) is 58.0 Å². The van der Waals surface area contributed by atoms with E-state index in [-0.39, 0.29) is 35.7 Å². The largest absolute Gasteiger partial charge is 0.369 e. The van der Waals surface area contributed by atoms with Crippen LogP contribution in [0.1, 0.15) is 36.1 Å². The predicted molar refractivity (Wildman–Crippen MR) is 195 cm³/mol. The van der Waals surface area contributed by atoms with Crippen LogP contribution >= 0.6 is 0 Å². The second-order valence-corrected chi connectivity index (χ2v) is 13.0. The lowest BCUT2D eigenvalue weighted by Crippen LogP contribution is -2.62. The van der Waals surface area contributed by atoms with Crippen molar-refractivity contribution in [1.29, 1.82) is 0 Å². The van der Waals surface area contributed by atoms with E-state index >= 15 is 0 Å². The number of amides is 2. The van der Waals surface area contributed by atoms with Gasteiger partial charge in [-0.2, -0.15) is 0 Å². The van der Waals surface area contributed by atoms with Gasteiger partial charge in [0.15, 0.2) is 11.2 Å². The lowest BCUT2D eigenvalue weighted by Gasteiger charge is -2.50. The van der Waals surface area contributed by atoms with Crippen molar-refractivity contribution < 1.29 is 19.8 Å². The molecule has 6 aliphatic rings. The van der Waals surface area contributed by atoms with E-state index in [0.29, 0.717) is 22.3 Å². The molecular formula is C44H40N2O4. The number of benzene rings is 4. The van der Waals surface area contributed by atoms with E-state index < -0.39 is 11.2 Å². The number of nitrogens with zero attached hydrogens (tertiary/aromatic N) is 2. The van der Waals surface area contributed by atoms with Crippen molar-refractivity contribution >= 4 is 11.8 Å². The summed E-state index contributed by atoms with van der Waals surface area (Å²) in [5.74, 6) is 11.3. The molecule has 2 N–H and O–H groups in total. The molecule has 5 heterocycles. The van der Waals surface area contributed by atoms with Crippen molar-refractivity contribution in [3.8, 4) is 23.7 Å². The van der Waals surface area contributed by atoms with Gasteiger partial charge in [0.25, 0.3) is 0 Å². The zero-order chi connectivity index (χ0) is 35.5. The molecule has 6 heteroatoms. The average molecular weight is 661 g/mol. The van der Waals surface area contributed by atoms with Crippen LogP contribution in [0.2, 0.25) is 0 Å². The quantitative estimate of drug-likeness (QED) is 0.219. The van der Waals surface area contributed by atoms with Crippen molar-refractivity contribution in [2.75, 3.05) is 14.1 Å². The molecule has 50 heavy (non-hydrogen) atoms. The summed E-state index contributed by atoms with van der Waals surface area (Å²) in [6, 6.07) is 36.9. The van der Waals surface area contributed by atoms with Gasteiger partial charge in [-0.05, 0) is 37.5 Å². The second-order valence-electron chi connectivity index (χ2n) is 13.0. The Hall–Kier alpha value is -5.66. The smallest absolute Gasteiger partial charge is 0.232 e. The molecule has 4 atom stereocenters. The number of rotatable bonds is 4.